The Kier molecular flexibility index (Phi) is 9.60. The molecule has 0 atom stereocenters. The van der Waals surface area contributed by atoms with E-state index in [1.54, 1.807) is 0 Å². The molecule has 0 aliphatic heterocycles. The largest absolute Gasteiger partial charge is 0.493 e. The number of carbonyl (C=O) groups is 1. The first-order valence-electron chi connectivity index (χ1n) is 9.54. The molecule has 0 bridgehead atoms. The number of alkyl halides is 3. The summed E-state index contributed by atoms with van der Waals surface area (Å²) < 4.78 is 49.9. The first-order chi connectivity index (χ1) is 14.0. The van der Waals surface area contributed by atoms with Crippen molar-refractivity contribution in [1.82, 2.24) is 9.98 Å². The van der Waals surface area contributed by atoms with Crippen molar-refractivity contribution in [3.05, 3.63) is 41.5 Å². The minimum absolute atomic E-state index is 0.0958. The van der Waals surface area contributed by atoms with Crippen LogP contribution in [0.3, 0.4) is 0 Å². The zero-order chi connectivity index (χ0) is 22.9. The molecule has 0 aliphatic rings. The maximum absolute atomic E-state index is 13.5. The fourth-order valence-electron chi connectivity index (χ4n) is 2.55. The Hall–Kier alpha value is -2.79. The Bertz CT molecular complexity index is 876. The summed E-state index contributed by atoms with van der Waals surface area (Å²) in [6.45, 7) is 10.3. The summed E-state index contributed by atoms with van der Waals surface area (Å²) in [7, 11) is 0. The summed E-state index contributed by atoms with van der Waals surface area (Å²) >= 11 is 0. The smallest absolute Gasteiger partial charge is 0.419 e. The molecule has 0 saturated heterocycles. The number of hydrogen-bond donors (Lipinski definition) is 2. The van der Waals surface area contributed by atoms with Gasteiger partial charge in [-0.25, -0.2) is 10.1 Å². The lowest BCUT2D eigenvalue weighted by atomic mass is 9.98. The van der Waals surface area contributed by atoms with Gasteiger partial charge in [-0.05, 0) is 42.0 Å². The number of amides is 1. The third-order valence-electron chi connectivity index (χ3n) is 4.05. The highest BCUT2D eigenvalue weighted by Gasteiger charge is 2.35. The highest BCUT2D eigenvalue weighted by molar-refractivity contribution is 5.97. The van der Waals surface area contributed by atoms with Crippen LogP contribution < -0.4 is 14.7 Å². The number of carbonyl (C=O) groups excluding carboxylic acids is 1. The van der Waals surface area contributed by atoms with E-state index >= 15 is 0 Å². The molecule has 1 rings (SSSR count). The third-order valence-corrected chi connectivity index (χ3v) is 4.05. The minimum Gasteiger partial charge on any atom is -0.493 e. The zero-order valence-electron chi connectivity index (χ0n) is 17.7. The van der Waals surface area contributed by atoms with Crippen LogP contribution in [0.4, 0.5) is 13.2 Å². The van der Waals surface area contributed by atoms with E-state index in [4.69, 9.17) is 4.74 Å². The maximum Gasteiger partial charge on any atom is 0.419 e. The van der Waals surface area contributed by atoms with Crippen LogP contribution in [0.5, 0.6) is 5.75 Å². The van der Waals surface area contributed by atoms with Gasteiger partial charge in [0.1, 0.15) is 5.75 Å². The Labute approximate surface area is 174 Å². The lowest BCUT2D eigenvalue weighted by Gasteiger charge is -2.16. The van der Waals surface area contributed by atoms with Gasteiger partial charge in [-0.1, -0.05) is 26.5 Å². The van der Waals surface area contributed by atoms with Gasteiger partial charge in [-0.2, -0.15) is 17.8 Å². The van der Waals surface area contributed by atoms with Crippen LogP contribution in [0.25, 0.3) is 5.57 Å². The Morgan fingerprint density at radius 1 is 1.33 bits per heavy atom. The van der Waals surface area contributed by atoms with Crippen LogP contribution >= 0.6 is 0 Å². The number of halogens is 3. The number of ether oxygens (including phenoxy) is 1. The average Bonchev–Trinajstić information content (AvgIpc) is 2.64. The van der Waals surface area contributed by atoms with E-state index < -0.39 is 18.3 Å². The second-order valence-electron chi connectivity index (χ2n) is 7.20. The van der Waals surface area contributed by atoms with Crippen molar-refractivity contribution in [2.75, 3.05) is 13.2 Å². The molecule has 1 aromatic rings. The van der Waals surface area contributed by atoms with Gasteiger partial charge in [0.2, 0.25) is 0 Å². The fraction of sp³-hybridized carbons (Fsp3) is 0.455. The second-order valence-corrected chi connectivity index (χ2v) is 7.20. The molecule has 0 radical (unpaired) electrons. The van der Waals surface area contributed by atoms with Gasteiger partial charge in [-0.15, -0.1) is 0 Å². The van der Waals surface area contributed by atoms with Crippen LogP contribution in [0.1, 0.15) is 51.7 Å². The summed E-state index contributed by atoms with van der Waals surface area (Å²) in [4.78, 5) is 11.0. The molecule has 0 aromatic heterocycles. The minimum atomic E-state index is -4.61. The molecular formula is C22H28F3N2O3+. The quantitative estimate of drug-likeness (QED) is 0.219. The van der Waals surface area contributed by atoms with E-state index in [1.807, 2.05) is 13.8 Å². The van der Waals surface area contributed by atoms with Crippen LogP contribution in [-0.2, 0) is 11.0 Å². The highest BCUT2D eigenvalue weighted by atomic mass is 19.4. The molecule has 30 heavy (non-hydrogen) atoms. The van der Waals surface area contributed by atoms with E-state index in [-0.39, 0.29) is 40.8 Å². The first kappa shape index (κ1) is 25.2. The normalized spacial score (nSPS) is 10.8. The summed E-state index contributed by atoms with van der Waals surface area (Å²) in [5, 5.41) is 12.0. The molecule has 0 heterocycles. The van der Waals surface area contributed by atoms with Crippen LogP contribution in [-0.4, -0.2) is 35.9 Å². The van der Waals surface area contributed by atoms with Gasteiger partial charge in [0.05, 0.1) is 31.3 Å². The molecule has 8 heteroatoms. The Morgan fingerprint density at radius 2 is 2.00 bits per heavy atom. The molecule has 0 aliphatic carbocycles. The molecule has 1 amide bonds. The summed E-state index contributed by atoms with van der Waals surface area (Å²) in [6, 6.07) is 3.62. The van der Waals surface area contributed by atoms with Crippen molar-refractivity contribution in [2.24, 2.45) is 5.92 Å². The van der Waals surface area contributed by atoms with Gasteiger partial charge in [-0.3, -0.25) is 0 Å². The van der Waals surface area contributed by atoms with Crippen LogP contribution in [0, 0.1) is 5.92 Å². The number of aliphatic hydroxyl groups excluding tert-OH is 1. The predicted molar refractivity (Wildman–Crippen MR) is 112 cm³/mol. The monoisotopic (exact) mass is 425 g/mol. The Balaban J connectivity index is 3.23. The fourth-order valence-corrected chi connectivity index (χ4v) is 2.55. The van der Waals surface area contributed by atoms with Gasteiger partial charge < -0.3 is 9.84 Å². The number of aliphatic hydroxyl groups is 1. The van der Waals surface area contributed by atoms with Crippen molar-refractivity contribution in [2.45, 2.75) is 46.7 Å². The van der Waals surface area contributed by atoms with Gasteiger partial charge in [0.15, 0.2) is 5.87 Å². The van der Waals surface area contributed by atoms with Crippen molar-refractivity contribution >= 4 is 23.2 Å². The van der Waals surface area contributed by atoms with E-state index in [9.17, 15) is 23.1 Å². The highest BCUT2D eigenvalue weighted by Crippen LogP contribution is 2.38. The van der Waals surface area contributed by atoms with Crippen molar-refractivity contribution in [3.63, 3.8) is 0 Å². The maximum atomic E-state index is 13.5. The van der Waals surface area contributed by atoms with Crippen molar-refractivity contribution in [1.29, 1.82) is 0 Å². The molecule has 0 spiro atoms. The van der Waals surface area contributed by atoms with Crippen molar-refractivity contribution < 1.29 is 27.8 Å². The summed E-state index contributed by atoms with van der Waals surface area (Å²) in [6.07, 6.45) is -3.10. The van der Waals surface area contributed by atoms with E-state index in [2.05, 4.69) is 22.4 Å². The van der Waals surface area contributed by atoms with Gasteiger partial charge in [0.25, 0.3) is 0 Å². The number of rotatable bonds is 8. The third kappa shape index (κ3) is 8.29. The number of nitrogens with one attached hydrogen (secondary N) is 1. The predicted octanol–water partition coefficient (Wildman–Crippen LogP) is 3.74. The lowest BCUT2D eigenvalue weighted by Crippen LogP contribution is -2.27. The van der Waals surface area contributed by atoms with Crippen LogP contribution in [0.15, 0.2) is 30.4 Å². The van der Waals surface area contributed by atoms with E-state index in [0.717, 1.165) is 12.5 Å². The van der Waals surface area contributed by atoms with E-state index in [0.29, 0.717) is 12.3 Å². The van der Waals surface area contributed by atoms with E-state index in [1.165, 1.54) is 26.0 Å². The standard InChI is InChI=1S/C22H27F3N2O3/c1-14(2)7-6-10-30-21-9-8-18(11-20(21)22(23,24)25)15(3)19(13-28)12-26-16(4)27-17(5)29/h8-9,11,14,28H,3,6-7,10,13H2,1-2,4-5H3/p+1. The Morgan fingerprint density at radius 3 is 2.53 bits per heavy atom. The number of nitrogens with zero attached hydrogens (tertiary/aromatic N) is 1. The molecule has 0 fully saturated rings. The average molecular weight is 425 g/mol. The molecular weight excluding hydrogens is 397 g/mol. The number of hydrogen-bond acceptors (Lipinski definition) is 3. The number of benzene rings is 1. The molecule has 5 nitrogen and oxygen atoms in total. The molecule has 0 unspecified atom stereocenters. The second kappa shape index (κ2) is 11.4. The SMILES string of the molecule is C=C(C(=C=[N+]=C(C)NC(C)=O)CO)c1ccc(OCCCC(C)C)c(C(F)(F)F)c1. The van der Waals surface area contributed by atoms with Gasteiger partial charge in [0, 0.05) is 6.92 Å². The number of amidine groups is 1. The molecule has 1 aromatic carbocycles. The summed E-state index contributed by atoms with van der Waals surface area (Å²) in [5.74, 6) is 2.61. The topological polar surface area (TPSA) is 72.7 Å². The van der Waals surface area contributed by atoms with Crippen molar-refractivity contribution in [3.8, 4) is 5.75 Å². The summed E-state index contributed by atoms with van der Waals surface area (Å²) in [5.41, 5.74) is -0.533. The lowest BCUT2D eigenvalue weighted by molar-refractivity contribution is -0.139. The first-order valence-corrected chi connectivity index (χ1v) is 9.54. The molecule has 2 N–H and O–H groups in total. The molecule has 164 valence electrons. The van der Waals surface area contributed by atoms with Gasteiger partial charge >= 0.3 is 17.9 Å². The van der Waals surface area contributed by atoms with Crippen LogP contribution in [0.2, 0.25) is 0 Å². The zero-order valence-corrected chi connectivity index (χ0v) is 17.7. The molecule has 0 saturated carbocycles.